The first-order chi connectivity index (χ1) is 8.65. The maximum atomic E-state index is 13.5. The molecule has 0 aliphatic heterocycles. The Balaban J connectivity index is 1.84. The van der Waals surface area contributed by atoms with Crippen LogP contribution >= 0.6 is 0 Å². The van der Waals surface area contributed by atoms with Crippen molar-refractivity contribution in [3.05, 3.63) is 29.6 Å². The van der Waals surface area contributed by atoms with Crippen molar-refractivity contribution < 1.29 is 14.3 Å². The summed E-state index contributed by atoms with van der Waals surface area (Å²) in [4.78, 5) is 11.1. The van der Waals surface area contributed by atoms with E-state index in [9.17, 15) is 9.18 Å². The summed E-state index contributed by atoms with van der Waals surface area (Å²) >= 11 is 0. The van der Waals surface area contributed by atoms with Gasteiger partial charge in [-0.05, 0) is 43.2 Å². The smallest absolute Gasteiger partial charge is 0.340 e. The molecular weight excluding hydrogens is 233 g/mol. The zero-order valence-electron chi connectivity index (χ0n) is 10.0. The molecule has 3 unspecified atom stereocenters. The van der Waals surface area contributed by atoms with Gasteiger partial charge < -0.3 is 10.4 Å². The van der Waals surface area contributed by atoms with Crippen molar-refractivity contribution in [1.82, 2.24) is 0 Å². The molecule has 0 aromatic heterocycles. The van der Waals surface area contributed by atoms with Gasteiger partial charge in [-0.3, -0.25) is 0 Å². The normalized spacial score (nSPS) is 29.5. The molecule has 2 fully saturated rings. The number of anilines is 1. The number of benzene rings is 1. The van der Waals surface area contributed by atoms with E-state index in [1.807, 2.05) is 0 Å². The minimum atomic E-state index is -1.21. The monoisotopic (exact) mass is 249 g/mol. The average Bonchev–Trinajstić information content (AvgIpc) is 2.90. The van der Waals surface area contributed by atoms with Gasteiger partial charge in [0.15, 0.2) is 0 Å². The van der Waals surface area contributed by atoms with Gasteiger partial charge in [0.05, 0.1) is 5.69 Å². The number of aromatic carboxylic acids is 1. The van der Waals surface area contributed by atoms with Crippen LogP contribution in [0.3, 0.4) is 0 Å². The second kappa shape index (κ2) is 4.26. The molecule has 2 aliphatic rings. The second-order valence-electron chi connectivity index (χ2n) is 5.39. The van der Waals surface area contributed by atoms with Crippen molar-refractivity contribution >= 4 is 11.7 Å². The van der Waals surface area contributed by atoms with Crippen LogP contribution in [-0.4, -0.2) is 17.1 Å². The Bertz CT molecular complexity index is 489. The Hall–Kier alpha value is -1.58. The van der Waals surface area contributed by atoms with Crippen LogP contribution in [0.1, 0.15) is 36.0 Å². The van der Waals surface area contributed by atoms with Crippen LogP contribution in [0.25, 0.3) is 0 Å². The molecule has 0 heterocycles. The van der Waals surface area contributed by atoms with Gasteiger partial charge >= 0.3 is 5.97 Å². The summed E-state index contributed by atoms with van der Waals surface area (Å²) in [5.41, 5.74) is 0.181. The average molecular weight is 249 g/mol. The maximum absolute atomic E-state index is 13.5. The van der Waals surface area contributed by atoms with Gasteiger partial charge in [0.2, 0.25) is 0 Å². The third-order valence-electron chi connectivity index (χ3n) is 4.31. The van der Waals surface area contributed by atoms with Crippen LogP contribution in [-0.2, 0) is 0 Å². The van der Waals surface area contributed by atoms with Crippen LogP contribution in [0.4, 0.5) is 10.1 Å². The topological polar surface area (TPSA) is 49.3 Å². The molecule has 18 heavy (non-hydrogen) atoms. The Labute approximate surface area is 105 Å². The van der Waals surface area contributed by atoms with Crippen molar-refractivity contribution in [1.29, 1.82) is 0 Å². The molecule has 2 aliphatic carbocycles. The molecule has 3 rings (SSSR count). The van der Waals surface area contributed by atoms with Gasteiger partial charge in [-0.2, -0.15) is 0 Å². The predicted octanol–water partition coefficient (Wildman–Crippen LogP) is 3.12. The molecule has 0 saturated heterocycles. The maximum Gasteiger partial charge on any atom is 0.340 e. The summed E-state index contributed by atoms with van der Waals surface area (Å²) in [5.74, 6) is -0.483. The summed E-state index contributed by atoms with van der Waals surface area (Å²) in [6.45, 7) is 0. The molecule has 0 radical (unpaired) electrons. The zero-order valence-corrected chi connectivity index (χ0v) is 10.0. The van der Waals surface area contributed by atoms with Crippen molar-refractivity contribution in [3.63, 3.8) is 0 Å². The fourth-order valence-corrected chi connectivity index (χ4v) is 3.48. The van der Waals surface area contributed by atoms with E-state index in [0.29, 0.717) is 17.6 Å². The number of fused-ring (bicyclic) bond motifs is 2. The number of rotatable bonds is 3. The Morgan fingerprint density at radius 2 is 2.17 bits per heavy atom. The third-order valence-corrected chi connectivity index (χ3v) is 4.31. The first kappa shape index (κ1) is 11.5. The lowest BCUT2D eigenvalue weighted by Gasteiger charge is -2.24. The van der Waals surface area contributed by atoms with E-state index < -0.39 is 11.8 Å². The number of hydrogen-bond acceptors (Lipinski definition) is 2. The number of halogens is 1. The molecule has 2 bridgehead atoms. The van der Waals surface area contributed by atoms with Crippen molar-refractivity contribution in [2.75, 3.05) is 5.32 Å². The standard InChI is InChI=1S/C14H16FNO2/c15-10-2-1-3-11(13(10)14(17)18)16-12-7-8-4-5-9(12)6-8/h1-3,8-9,12,16H,4-7H2,(H,17,18). The molecule has 4 heteroatoms. The van der Waals surface area contributed by atoms with Gasteiger partial charge in [0, 0.05) is 6.04 Å². The van der Waals surface area contributed by atoms with Crippen molar-refractivity contribution in [3.8, 4) is 0 Å². The minimum Gasteiger partial charge on any atom is -0.478 e. The van der Waals surface area contributed by atoms with E-state index in [2.05, 4.69) is 5.32 Å². The molecule has 1 aromatic rings. The lowest BCUT2D eigenvalue weighted by molar-refractivity contribution is 0.0693. The molecular formula is C14H16FNO2. The van der Waals surface area contributed by atoms with Crippen LogP contribution < -0.4 is 5.32 Å². The Kier molecular flexibility index (Phi) is 2.73. The van der Waals surface area contributed by atoms with E-state index in [1.165, 1.54) is 25.3 Å². The van der Waals surface area contributed by atoms with Crippen LogP contribution in [0.5, 0.6) is 0 Å². The lowest BCUT2D eigenvalue weighted by atomic mass is 9.95. The van der Waals surface area contributed by atoms with Crippen LogP contribution in [0.15, 0.2) is 18.2 Å². The summed E-state index contributed by atoms with van der Waals surface area (Å²) in [7, 11) is 0. The summed E-state index contributed by atoms with van der Waals surface area (Å²) in [6.07, 6.45) is 4.81. The van der Waals surface area contributed by atoms with E-state index in [-0.39, 0.29) is 5.56 Å². The number of carboxylic acid groups (broad SMARTS) is 1. The highest BCUT2D eigenvalue weighted by molar-refractivity contribution is 5.94. The largest absolute Gasteiger partial charge is 0.478 e. The summed E-state index contributed by atoms with van der Waals surface area (Å²) in [5, 5.41) is 12.3. The van der Waals surface area contributed by atoms with Crippen molar-refractivity contribution in [2.45, 2.75) is 31.7 Å². The molecule has 96 valence electrons. The number of nitrogens with one attached hydrogen (secondary N) is 1. The van der Waals surface area contributed by atoms with E-state index in [1.54, 1.807) is 12.1 Å². The van der Waals surface area contributed by atoms with E-state index in [4.69, 9.17) is 5.11 Å². The molecule has 1 aromatic carbocycles. The number of carbonyl (C=O) groups is 1. The van der Waals surface area contributed by atoms with Crippen LogP contribution in [0, 0.1) is 17.7 Å². The fraction of sp³-hybridized carbons (Fsp3) is 0.500. The van der Waals surface area contributed by atoms with E-state index in [0.717, 1.165) is 12.3 Å². The third kappa shape index (κ3) is 1.85. The second-order valence-corrected chi connectivity index (χ2v) is 5.39. The molecule has 2 saturated carbocycles. The van der Waals surface area contributed by atoms with Crippen LogP contribution in [0.2, 0.25) is 0 Å². The Morgan fingerprint density at radius 3 is 2.78 bits per heavy atom. The molecule has 2 N–H and O–H groups in total. The highest BCUT2D eigenvalue weighted by Crippen LogP contribution is 2.45. The molecule has 3 nitrogen and oxygen atoms in total. The molecule has 0 spiro atoms. The SMILES string of the molecule is O=C(O)c1c(F)cccc1NC1CC2CCC1C2. The summed E-state index contributed by atoms with van der Waals surface area (Å²) < 4.78 is 13.5. The van der Waals surface area contributed by atoms with Gasteiger partial charge in [-0.1, -0.05) is 12.5 Å². The predicted molar refractivity (Wildman–Crippen MR) is 66.2 cm³/mol. The Morgan fingerprint density at radius 1 is 1.33 bits per heavy atom. The zero-order chi connectivity index (χ0) is 12.7. The fourth-order valence-electron chi connectivity index (χ4n) is 3.48. The van der Waals surface area contributed by atoms with E-state index >= 15 is 0 Å². The van der Waals surface area contributed by atoms with Gasteiger partial charge in [-0.25, -0.2) is 9.18 Å². The lowest BCUT2D eigenvalue weighted by Crippen LogP contribution is -2.27. The minimum absolute atomic E-state index is 0.236. The first-order valence-electron chi connectivity index (χ1n) is 6.43. The van der Waals surface area contributed by atoms with Gasteiger partial charge in [0.1, 0.15) is 11.4 Å². The highest BCUT2D eigenvalue weighted by Gasteiger charge is 2.39. The van der Waals surface area contributed by atoms with Crippen molar-refractivity contribution in [2.24, 2.45) is 11.8 Å². The first-order valence-corrected chi connectivity index (χ1v) is 6.43. The van der Waals surface area contributed by atoms with Gasteiger partial charge in [0.25, 0.3) is 0 Å². The summed E-state index contributed by atoms with van der Waals surface area (Å²) in [6, 6.07) is 4.70. The quantitative estimate of drug-likeness (QED) is 0.865. The number of hydrogen-bond donors (Lipinski definition) is 2. The van der Waals surface area contributed by atoms with Gasteiger partial charge in [-0.15, -0.1) is 0 Å². The highest BCUT2D eigenvalue weighted by atomic mass is 19.1. The number of carboxylic acids is 1. The molecule has 0 amide bonds. The molecule has 3 atom stereocenters.